The van der Waals surface area contributed by atoms with Crippen LogP contribution in [0.25, 0.3) is 16.8 Å². The van der Waals surface area contributed by atoms with Crippen LogP contribution in [0.5, 0.6) is 0 Å². The molecule has 4 aromatic rings. The zero-order valence-corrected chi connectivity index (χ0v) is 15.7. The minimum atomic E-state index is -0.0754. The predicted octanol–water partition coefficient (Wildman–Crippen LogP) is 1.58. The van der Waals surface area contributed by atoms with E-state index in [4.69, 9.17) is 4.74 Å². The van der Waals surface area contributed by atoms with Gasteiger partial charge in [-0.25, -0.2) is 19.3 Å². The summed E-state index contributed by atoms with van der Waals surface area (Å²) < 4.78 is 10.5. The number of nitrogens with zero attached hydrogens (tertiary/aromatic N) is 7. The normalized spacial score (nSPS) is 15.5. The van der Waals surface area contributed by atoms with Crippen molar-refractivity contribution in [2.75, 3.05) is 18.5 Å². The number of hydrogen-bond acceptors (Lipinski definition) is 7. The summed E-state index contributed by atoms with van der Waals surface area (Å²) in [5, 5.41) is 7.41. The summed E-state index contributed by atoms with van der Waals surface area (Å²) in [4.78, 5) is 26.1. The Morgan fingerprint density at radius 2 is 2.07 bits per heavy atom. The van der Waals surface area contributed by atoms with Gasteiger partial charge >= 0.3 is 5.69 Å². The number of fused-ring (bicyclic) bond motifs is 2. The van der Waals surface area contributed by atoms with Gasteiger partial charge in [0, 0.05) is 26.3 Å². The number of imidazole rings is 1. The standard InChI is InChI=1S/C18H20N8O2/c1-11-7-15-20-10-21-25(15)9-13(11)22-17-19-8-14-16(23-17)26(18(27)24(14)2)12-3-5-28-6-4-12/h7-10,12H,3-6H2,1-2H3,(H,19,22,23). The first-order chi connectivity index (χ1) is 13.6. The van der Waals surface area contributed by atoms with Crippen molar-refractivity contribution >= 4 is 28.4 Å². The van der Waals surface area contributed by atoms with Crippen LogP contribution in [0.15, 0.2) is 29.6 Å². The number of aryl methyl sites for hydroxylation is 2. The molecular formula is C18H20N8O2. The molecule has 10 nitrogen and oxygen atoms in total. The number of hydrogen-bond donors (Lipinski definition) is 1. The second-order valence-electron chi connectivity index (χ2n) is 7.02. The fourth-order valence-corrected chi connectivity index (χ4v) is 3.68. The van der Waals surface area contributed by atoms with Gasteiger partial charge in [-0.3, -0.25) is 9.13 Å². The SMILES string of the molecule is Cc1cc2ncnn2cc1Nc1ncc2c(n1)n(C1CCOCC1)c(=O)n2C. The Morgan fingerprint density at radius 1 is 1.25 bits per heavy atom. The van der Waals surface area contributed by atoms with E-state index in [1.54, 1.807) is 26.9 Å². The van der Waals surface area contributed by atoms with Gasteiger partial charge in [-0.05, 0) is 31.4 Å². The second-order valence-corrected chi connectivity index (χ2v) is 7.02. The van der Waals surface area contributed by atoms with Crippen LogP contribution in [-0.2, 0) is 11.8 Å². The molecule has 1 aliphatic rings. The minimum absolute atomic E-state index is 0.0754. The fraction of sp³-hybridized carbons (Fsp3) is 0.389. The van der Waals surface area contributed by atoms with Crippen LogP contribution in [0.1, 0.15) is 24.4 Å². The van der Waals surface area contributed by atoms with E-state index in [-0.39, 0.29) is 11.7 Å². The summed E-state index contributed by atoms with van der Waals surface area (Å²) in [6.07, 6.45) is 6.65. The summed E-state index contributed by atoms with van der Waals surface area (Å²) in [5.74, 6) is 0.432. The minimum Gasteiger partial charge on any atom is -0.381 e. The first-order valence-electron chi connectivity index (χ1n) is 9.20. The lowest BCUT2D eigenvalue weighted by Gasteiger charge is -2.22. The first-order valence-corrected chi connectivity index (χ1v) is 9.20. The van der Waals surface area contributed by atoms with Crippen LogP contribution in [0.2, 0.25) is 0 Å². The predicted molar refractivity (Wildman–Crippen MR) is 103 cm³/mol. The average molecular weight is 380 g/mol. The van der Waals surface area contributed by atoms with Crippen LogP contribution in [-0.4, -0.2) is 46.9 Å². The van der Waals surface area contributed by atoms with Gasteiger partial charge in [-0.1, -0.05) is 0 Å². The smallest absolute Gasteiger partial charge is 0.330 e. The lowest BCUT2D eigenvalue weighted by molar-refractivity contribution is 0.0695. The van der Waals surface area contributed by atoms with Crippen LogP contribution in [0.4, 0.5) is 11.6 Å². The largest absolute Gasteiger partial charge is 0.381 e. The molecule has 0 spiro atoms. The van der Waals surface area contributed by atoms with Crippen LogP contribution in [0, 0.1) is 6.92 Å². The van der Waals surface area contributed by atoms with Gasteiger partial charge in [0.05, 0.1) is 18.1 Å². The Morgan fingerprint density at radius 3 is 2.89 bits per heavy atom. The molecule has 144 valence electrons. The third kappa shape index (κ3) is 2.64. The van der Waals surface area contributed by atoms with E-state index in [1.807, 2.05) is 19.2 Å². The molecule has 0 aromatic carbocycles. The van der Waals surface area contributed by atoms with Crippen LogP contribution < -0.4 is 11.0 Å². The zero-order valence-electron chi connectivity index (χ0n) is 15.7. The third-order valence-electron chi connectivity index (χ3n) is 5.26. The van der Waals surface area contributed by atoms with Gasteiger partial charge in [0.15, 0.2) is 11.3 Å². The Labute approximate surface area is 159 Å². The maximum absolute atomic E-state index is 12.8. The molecule has 0 aliphatic carbocycles. The molecule has 0 amide bonds. The molecule has 1 saturated heterocycles. The topological polar surface area (TPSA) is 104 Å². The molecule has 5 heterocycles. The molecule has 5 rings (SSSR count). The van der Waals surface area contributed by atoms with E-state index in [0.717, 1.165) is 29.7 Å². The number of rotatable bonds is 3. The quantitative estimate of drug-likeness (QED) is 0.575. The lowest BCUT2D eigenvalue weighted by Crippen LogP contribution is -2.30. The van der Waals surface area contributed by atoms with E-state index >= 15 is 0 Å². The highest BCUT2D eigenvalue weighted by atomic mass is 16.5. The van der Waals surface area contributed by atoms with Crippen molar-refractivity contribution in [3.8, 4) is 0 Å². The fourth-order valence-electron chi connectivity index (χ4n) is 3.68. The number of aromatic nitrogens is 7. The summed E-state index contributed by atoms with van der Waals surface area (Å²) in [6, 6.07) is 2.02. The van der Waals surface area contributed by atoms with Crippen LogP contribution in [0.3, 0.4) is 0 Å². The van der Waals surface area contributed by atoms with Gasteiger partial charge in [-0.2, -0.15) is 10.1 Å². The molecule has 0 radical (unpaired) electrons. The maximum atomic E-state index is 12.8. The summed E-state index contributed by atoms with van der Waals surface area (Å²) in [6.45, 7) is 3.29. The second kappa shape index (κ2) is 6.41. The van der Waals surface area contributed by atoms with Crippen molar-refractivity contribution in [3.63, 3.8) is 0 Å². The van der Waals surface area contributed by atoms with E-state index in [2.05, 4.69) is 25.4 Å². The van der Waals surface area contributed by atoms with Crippen molar-refractivity contribution in [2.45, 2.75) is 25.8 Å². The molecule has 0 saturated carbocycles. The van der Waals surface area contributed by atoms with Gasteiger partial charge in [0.1, 0.15) is 11.8 Å². The molecule has 4 aromatic heterocycles. The summed E-state index contributed by atoms with van der Waals surface area (Å²) in [7, 11) is 1.75. The highest BCUT2D eigenvalue weighted by Gasteiger charge is 2.23. The van der Waals surface area contributed by atoms with E-state index in [1.165, 1.54) is 6.33 Å². The highest BCUT2D eigenvalue weighted by Crippen LogP contribution is 2.25. The number of nitrogens with one attached hydrogen (secondary N) is 1. The molecule has 0 bridgehead atoms. The number of ether oxygens (including phenoxy) is 1. The zero-order chi connectivity index (χ0) is 19.3. The molecular weight excluding hydrogens is 360 g/mol. The van der Waals surface area contributed by atoms with Gasteiger partial charge in [0.25, 0.3) is 0 Å². The average Bonchev–Trinajstić information content (AvgIpc) is 3.25. The van der Waals surface area contributed by atoms with Crippen molar-refractivity contribution in [1.29, 1.82) is 0 Å². The van der Waals surface area contributed by atoms with Gasteiger partial charge in [0.2, 0.25) is 5.95 Å². The Kier molecular flexibility index (Phi) is 3.86. The maximum Gasteiger partial charge on any atom is 0.330 e. The lowest BCUT2D eigenvalue weighted by atomic mass is 10.1. The monoisotopic (exact) mass is 380 g/mol. The van der Waals surface area contributed by atoms with Crippen molar-refractivity contribution < 1.29 is 4.74 Å². The molecule has 28 heavy (non-hydrogen) atoms. The molecule has 0 atom stereocenters. The number of anilines is 2. The van der Waals surface area contributed by atoms with Gasteiger partial charge in [-0.15, -0.1) is 0 Å². The van der Waals surface area contributed by atoms with E-state index in [9.17, 15) is 4.79 Å². The van der Waals surface area contributed by atoms with Crippen molar-refractivity contribution in [1.82, 2.24) is 33.7 Å². The number of pyridine rings is 1. The van der Waals surface area contributed by atoms with Crippen molar-refractivity contribution in [3.05, 3.63) is 40.8 Å². The molecule has 1 N–H and O–H groups in total. The third-order valence-corrected chi connectivity index (χ3v) is 5.26. The molecule has 1 aliphatic heterocycles. The first kappa shape index (κ1) is 16.9. The van der Waals surface area contributed by atoms with E-state index < -0.39 is 0 Å². The van der Waals surface area contributed by atoms with Crippen molar-refractivity contribution in [2.24, 2.45) is 7.05 Å². The Hall–Kier alpha value is -3.27. The molecule has 0 unspecified atom stereocenters. The molecule has 10 heteroatoms. The summed E-state index contributed by atoms with van der Waals surface area (Å²) in [5.41, 5.74) is 3.87. The molecule has 1 fully saturated rings. The van der Waals surface area contributed by atoms with Gasteiger partial charge < -0.3 is 10.1 Å². The Balaban J connectivity index is 1.58. The summed E-state index contributed by atoms with van der Waals surface area (Å²) >= 11 is 0. The Bertz CT molecular complexity index is 1230. The highest BCUT2D eigenvalue weighted by molar-refractivity contribution is 5.73. The van der Waals surface area contributed by atoms with E-state index in [0.29, 0.717) is 30.3 Å². The van der Waals surface area contributed by atoms with Crippen LogP contribution >= 0.6 is 0 Å².